The number of aromatic nitrogens is 5. The summed E-state index contributed by atoms with van der Waals surface area (Å²) < 4.78 is 4.00. The van der Waals surface area contributed by atoms with E-state index < -0.39 is 0 Å². The molecule has 3 aromatic heterocycles. The number of amidine groups is 1. The molecule has 0 radical (unpaired) electrons. The Morgan fingerprint density at radius 2 is 1.88 bits per heavy atom. The standard InChI is InChI=1S/C15H17N7S2/c1-9-11(24-22-19-9)12(17-10-5-7-16-8-6-10)18-14-21-20-13(23-14)15(2,3)4/h5-8H,1-4H3,(H,16,17,18,21). The molecule has 0 bridgehead atoms. The van der Waals surface area contributed by atoms with Gasteiger partial charge in [-0.3, -0.25) is 4.98 Å². The minimum atomic E-state index is -0.0495. The molecule has 124 valence electrons. The molecule has 0 unspecified atom stereocenters. The van der Waals surface area contributed by atoms with Crippen molar-refractivity contribution in [3.8, 4) is 0 Å². The average Bonchev–Trinajstić information content (AvgIpc) is 3.16. The Morgan fingerprint density at radius 1 is 1.12 bits per heavy atom. The topological polar surface area (TPSA) is 88.8 Å². The van der Waals surface area contributed by atoms with Crippen molar-refractivity contribution in [3.63, 3.8) is 0 Å². The Kier molecular flexibility index (Phi) is 4.63. The highest BCUT2D eigenvalue weighted by atomic mass is 32.1. The van der Waals surface area contributed by atoms with Gasteiger partial charge < -0.3 is 5.32 Å². The Balaban J connectivity index is 1.98. The Hall–Kier alpha value is -2.26. The van der Waals surface area contributed by atoms with Gasteiger partial charge in [-0.1, -0.05) is 36.6 Å². The van der Waals surface area contributed by atoms with Gasteiger partial charge >= 0.3 is 0 Å². The molecule has 3 heterocycles. The normalized spacial score (nSPS) is 12.4. The van der Waals surface area contributed by atoms with E-state index in [9.17, 15) is 0 Å². The first-order valence-electron chi connectivity index (χ1n) is 7.32. The average molecular weight is 359 g/mol. The summed E-state index contributed by atoms with van der Waals surface area (Å²) in [5.74, 6) is 0.658. The lowest BCUT2D eigenvalue weighted by Crippen LogP contribution is -2.13. The van der Waals surface area contributed by atoms with Crippen molar-refractivity contribution in [3.05, 3.63) is 40.1 Å². The highest BCUT2D eigenvalue weighted by Crippen LogP contribution is 2.30. The van der Waals surface area contributed by atoms with Gasteiger partial charge in [0.2, 0.25) is 5.13 Å². The van der Waals surface area contributed by atoms with Crippen molar-refractivity contribution in [1.29, 1.82) is 0 Å². The van der Waals surface area contributed by atoms with Crippen molar-refractivity contribution in [2.45, 2.75) is 33.1 Å². The molecule has 0 aliphatic rings. The van der Waals surface area contributed by atoms with E-state index in [-0.39, 0.29) is 5.41 Å². The van der Waals surface area contributed by atoms with E-state index in [2.05, 4.69) is 55.8 Å². The lowest BCUT2D eigenvalue weighted by Gasteiger charge is -2.12. The van der Waals surface area contributed by atoms with Crippen LogP contribution < -0.4 is 5.32 Å². The van der Waals surface area contributed by atoms with Crippen LogP contribution in [0.5, 0.6) is 0 Å². The van der Waals surface area contributed by atoms with E-state index in [1.54, 1.807) is 12.4 Å². The molecular weight excluding hydrogens is 342 g/mol. The van der Waals surface area contributed by atoms with Crippen LogP contribution in [0.4, 0.5) is 10.8 Å². The maximum absolute atomic E-state index is 4.65. The van der Waals surface area contributed by atoms with E-state index in [1.165, 1.54) is 22.9 Å². The van der Waals surface area contributed by atoms with Gasteiger partial charge in [0, 0.05) is 23.5 Å². The number of hydrogen-bond donors (Lipinski definition) is 1. The number of nitrogens with one attached hydrogen (secondary N) is 1. The zero-order valence-electron chi connectivity index (χ0n) is 13.8. The van der Waals surface area contributed by atoms with Gasteiger partial charge in [0.15, 0.2) is 5.84 Å². The van der Waals surface area contributed by atoms with Crippen LogP contribution in [-0.4, -0.2) is 30.6 Å². The molecule has 0 spiro atoms. The highest BCUT2D eigenvalue weighted by molar-refractivity contribution is 7.15. The predicted molar refractivity (Wildman–Crippen MR) is 97.3 cm³/mol. The first kappa shape index (κ1) is 16.6. The summed E-state index contributed by atoms with van der Waals surface area (Å²) in [6, 6.07) is 3.75. The van der Waals surface area contributed by atoms with Gasteiger partial charge in [-0.15, -0.1) is 15.3 Å². The van der Waals surface area contributed by atoms with Crippen LogP contribution in [-0.2, 0) is 5.41 Å². The third-order valence-corrected chi connectivity index (χ3v) is 5.15. The van der Waals surface area contributed by atoms with E-state index >= 15 is 0 Å². The summed E-state index contributed by atoms with van der Waals surface area (Å²) in [6.07, 6.45) is 3.45. The molecule has 0 fully saturated rings. The van der Waals surface area contributed by atoms with Gasteiger partial charge in [-0.2, -0.15) is 4.99 Å². The highest BCUT2D eigenvalue weighted by Gasteiger charge is 2.20. The fraction of sp³-hybridized carbons (Fsp3) is 0.333. The number of aliphatic imine (C=N–C) groups is 1. The fourth-order valence-electron chi connectivity index (χ4n) is 1.82. The summed E-state index contributed by atoms with van der Waals surface area (Å²) in [5, 5.41) is 17.4. The second-order valence-corrected chi connectivity index (χ2v) is 7.86. The SMILES string of the molecule is Cc1nnsc1/C(=N\c1nnc(C(C)(C)C)s1)Nc1ccncc1. The molecule has 0 amide bonds. The van der Waals surface area contributed by atoms with Crippen LogP contribution >= 0.6 is 22.9 Å². The number of pyridine rings is 1. The van der Waals surface area contributed by atoms with Crippen molar-refractivity contribution in [2.24, 2.45) is 4.99 Å². The fourth-order valence-corrected chi connectivity index (χ4v) is 3.20. The van der Waals surface area contributed by atoms with Crippen molar-refractivity contribution in [1.82, 2.24) is 24.8 Å². The summed E-state index contributed by atoms with van der Waals surface area (Å²) in [6.45, 7) is 8.22. The smallest absolute Gasteiger partial charge is 0.233 e. The first-order chi connectivity index (χ1) is 11.4. The molecule has 3 aromatic rings. The summed E-state index contributed by atoms with van der Waals surface area (Å²) in [4.78, 5) is 9.55. The number of hydrogen-bond acceptors (Lipinski definition) is 8. The number of rotatable bonds is 3. The van der Waals surface area contributed by atoms with Crippen LogP contribution in [0.25, 0.3) is 0 Å². The minimum absolute atomic E-state index is 0.0495. The van der Waals surface area contributed by atoms with E-state index in [0.29, 0.717) is 11.0 Å². The lowest BCUT2D eigenvalue weighted by atomic mass is 9.98. The maximum atomic E-state index is 4.65. The van der Waals surface area contributed by atoms with Crippen molar-refractivity contribution < 1.29 is 0 Å². The molecule has 0 saturated carbocycles. The van der Waals surface area contributed by atoms with E-state index in [0.717, 1.165) is 21.3 Å². The molecule has 0 atom stereocenters. The largest absolute Gasteiger partial charge is 0.339 e. The molecule has 0 aliphatic heterocycles. The predicted octanol–water partition coefficient (Wildman–Crippen LogP) is 3.58. The van der Waals surface area contributed by atoms with E-state index in [1.807, 2.05) is 19.1 Å². The molecule has 3 rings (SSSR count). The third-order valence-electron chi connectivity index (χ3n) is 3.07. The molecule has 7 nitrogen and oxygen atoms in total. The van der Waals surface area contributed by atoms with Crippen molar-refractivity contribution in [2.75, 3.05) is 5.32 Å². The van der Waals surface area contributed by atoms with E-state index in [4.69, 9.17) is 0 Å². The molecular formula is C15H17N7S2. The third kappa shape index (κ3) is 3.80. The zero-order valence-corrected chi connectivity index (χ0v) is 15.4. The Labute approximate surface area is 148 Å². The van der Waals surface area contributed by atoms with Gasteiger partial charge in [-0.25, -0.2) is 0 Å². The van der Waals surface area contributed by atoms with Crippen LogP contribution in [0, 0.1) is 6.92 Å². The number of aryl methyl sites for hydroxylation is 1. The second-order valence-electron chi connectivity index (χ2n) is 6.15. The second kappa shape index (κ2) is 6.70. The van der Waals surface area contributed by atoms with Crippen LogP contribution in [0.3, 0.4) is 0 Å². The molecule has 0 aromatic carbocycles. The zero-order chi connectivity index (χ0) is 17.2. The monoisotopic (exact) mass is 359 g/mol. The number of anilines is 1. The van der Waals surface area contributed by atoms with Gasteiger partial charge in [0.05, 0.1) is 5.69 Å². The maximum Gasteiger partial charge on any atom is 0.233 e. The van der Waals surface area contributed by atoms with Crippen LogP contribution in [0.15, 0.2) is 29.5 Å². The van der Waals surface area contributed by atoms with Crippen molar-refractivity contribution >= 4 is 39.5 Å². The van der Waals surface area contributed by atoms with Gasteiger partial charge in [-0.05, 0) is 30.6 Å². The summed E-state index contributed by atoms with van der Waals surface area (Å²) in [7, 11) is 0. The van der Waals surface area contributed by atoms with Crippen LogP contribution in [0.1, 0.15) is 36.3 Å². The number of nitrogens with zero attached hydrogens (tertiary/aromatic N) is 6. The summed E-state index contributed by atoms with van der Waals surface area (Å²) in [5.41, 5.74) is 1.66. The molecule has 9 heteroatoms. The molecule has 0 saturated heterocycles. The van der Waals surface area contributed by atoms with Crippen LogP contribution in [0.2, 0.25) is 0 Å². The first-order valence-corrected chi connectivity index (χ1v) is 8.91. The molecule has 24 heavy (non-hydrogen) atoms. The van der Waals surface area contributed by atoms with Gasteiger partial charge in [0.25, 0.3) is 0 Å². The lowest BCUT2D eigenvalue weighted by molar-refractivity contribution is 0.578. The molecule has 1 N–H and O–H groups in total. The minimum Gasteiger partial charge on any atom is -0.339 e. The quantitative estimate of drug-likeness (QED) is 0.568. The Bertz CT molecular complexity index is 846. The molecule has 0 aliphatic carbocycles. The summed E-state index contributed by atoms with van der Waals surface area (Å²) >= 11 is 2.78. The van der Waals surface area contributed by atoms with Gasteiger partial charge in [0.1, 0.15) is 9.88 Å². The Morgan fingerprint density at radius 3 is 2.46 bits per heavy atom.